The van der Waals surface area contributed by atoms with E-state index in [4.69, 9.17) is 4.74 Å². The van der Waals surface area contributed by atoms with Gasteiger partial charge in [-0.15, -0.1) is 11.3 Å². The summed E-state index contributed by atoms with van der Waals surface area (Å²) in [4.78, 5) is 20.9. The summed E-state index contributed by atoms with van der Waals surface area (Å²) < 4.78 is 32.3. The minimum absolute atomic E-state index is 0.0780. The van der Waals surface area contributed by atoms with Gasteiger partial charge in [0.15, 0.2) is 0 Å². The van der Waals surface area contributed by atoms with Crippen LogP contribution in [0.3, 0.4) is 0 Å². The minimum Gasteiger partial charge on any atom is -0.461 e. The number of aromatic nitrogens is 2. The first kappa shape index (κ1) is 18.7. The van der Waals surface area contributed by atoms with E-state index in [9.17, 15) is 13.6 Å². The van der Waals surface area contributed by atoms with Crippen LogP contribution in [0.15, 0.2) is 12.3 Å². The average Bonchev–Trinajstić information content (AvgIpc) is 2.95. The number of esters is 1. The van der Waals surface area contributed by atoms with E-state index in [-0.39, 0.29) is 22.7 Å². The quantitative estimate of drug-likeness (QED) is 0.715. The van der Waals surface area contributed by atoms with Gasteiger partial charge in [-0.2, -0.15) is 0 Å². The molecule has 1 aliphatic carbocycles. The van der Waals surface area contributed by atoms with Crippen molar-refractivity contribution in [2.45, 2.75) is 52.0 Å². The number of thiazole rings is 1. The largest absolute Gasteiger partial charge is 0.461 e. The molecule has 26 heavy (non-hydrogen) atoms. The van der Waals surface area contributed by atoms with E-state index in [1.54, 1.807) is 13.8 Å². The molecular weight excluding hydrogens is 360 g/mol. The van der Waals surface area contributed by atoms with Crippen molar-refractivity contribution in [3.63, 3.8) is 0 Å². The van der Waals surface area contributed by atoms with E-state index in [0.717, 1.165) is 30.6 Å². The van der Waals surface area contributed by atoms with Gasteiger partial charge in [0.25, 0.3) is 6.43 Å². The van der Waals surface area contributed by atoms with Gasteiger partial charge in [-0.05, 0) is 46.1 Å². The number of nitrogens with zero attached hydrogens (tertiary/aromatic N) is 2. The van der Waals surface area contributed by atoms with Gasteiger partial charge < -0.3 is 10.1 Å². The lowest BCUT2D eigenvalue weighted by molar-refractivity contribution is 0.0525. The van der Waals surface area contributed by atoms with Crippen molar-refractivity contribution in [1.82, 2.24) is 9.97 Å². The van der Waals surface area contributed by atoms with Crippen LogP contribution in [0.4, 0.5) is 14.6 Å². The Morgan fingerprint density at radius 3 is 2.77 bits per heavy atom. The standard InChI is InChI=1S/C18H21F2N3O2S/c1-4-25-17(24)16-22-10(2)14(26-16)12-9-21-13(8-11(12)15(19)20)23-18(3)6-5-7-18/h8-9,15H,4-7H2,1-3H3,(H,21,23). The molecule has 2 aromatic rings. The third-order valence-corrected chi connectivity index (χ3v) is 5.72. The topological polar surface area (TPSA) is 64.1 Å². The molecular formula is C18H21F2N3O2S. The summed E-state index contributed by atoms with van der Waals surface area (Å²) >= 11 is 1.05. The Bertz CT molecular complexity index is 819. The first-order valence-electron chi connectivity index (χ1n) is 8.54. The summed E-state index contributed by atoms with van der Waals surface area (Å²) in [7, 11) is 0. The third-order valence-electron chi connectivity index (χ3n) is 4.55. The van der Waals surface area contributed by atoms with E-state index >= 15 is 0 Å². The fraction of sp³-hybridized carbons (Fsp3) is 0.500. The summed E-state index contributed by atoms with van der Waals surface area (Å²) in [5.41, 5.74) is 0.613. The van der Waals surface area contributed by atoms with Gasteiger partial charge in [0.1, 0.15) is 5.82 Å². The second-order valence-corrected chi connectivity index (χ2v) is 7.65. The number of hydrogen-bond donors (Lipinski definition) is 1. The summed E-state index contributed by atoms with van der Waals surface area (Å²) in [6, 6.07) is 1.40. The normalized spacial score (nSPS) is 15.6. The predicted octanol–water partition coefficient (Wildman–Crippen LogP) is 4.98. The molecule has 0 aromatic carbocycles. The van der Waals surface area contributed by atoms with Gasteiger partial charge in [-0.25, -0.2) is 23.5 Å². The number of ether oxygens (including phenoxy) is 1. The number of carbonyl (C=O) groups is 1. The lowest BCUT2D eigenvalue weighted by Crippen LogP contribution is -2.41. The van der Waals surface area contributed by atoms with Crippen molar-refractivity contribution in [2.75, 3.05) is 11.9 Å². The molecule has 5 nitrogen and oxygen atoms in total. The molecule has 1 saturated carbocycles. The number of anilines is 1. The number of nitrogens with one attached hydrogen (secondary N) is 1. The molecule has 0 aliphatic heterocycles. The van der Waals surface area contributed by atoms with Crippen molar-refractivity contribution in [2.24, 2.45) is 0 Å². The van der Waals surface area contributed by atoms with Crippen LogP contribution in [0, 0.1) is 6.92 Å². The monoisotopic (exact) mass is 381 g/mol. The molecule has 2 heterocycles. The Morgan fingerprint density at radius 1 is 1.46 bits per heavy atom. The summed E-state index contributed by atoms with van der Waals surface area (Å²) in [6.45, 7) is 5.68. The van der Waals surface area contributed by atoms with Crippen LogP contribution >= 0.6 is 11.3 Å². The van der Waals surface area contributed by atoms with Crippen LogP contribution in [0.5, 0.6) is 0 Å². The van der Waals surface area contributed by atoms with Crippen LogP contribution < -0.4 is 5.32 Å². The molecule has 140 valence electrons. The zero-order valence-electron chi connectivity index (χ0n) is 14.9. The molecule has 3 rings (SSSR count). The highest BCUT2D eigenvalue weighted by Crippen LogP contribution is 2.39. The van der Waals surface area contributed by atoms with Crippen LogP contribution in [0.25, 0.3) is 10.4 Å². The number of hydrogen-bond acceptors (Lipinski definition) is 6. The molecule has 2 aromatic heterocycles. The lowest BCUT2D eigenvalue weighted by atomic mass is 9.78. The van der Waals surface area contributed by atoms with Crippen molar-refractivity contribution in [3.05, 3.63) is 28.5 Å². The van der Waals surface area contributed by atoms with Gasteiger partial charge in [0.05, 0.1) is 17.2 Å². The smallest absolute Gasteiger partial charge is 0.367 e. The number of rotatable bonds is 6. The van der Waals surface area contributed by atoms with E-state index < -0.39 is 12.4 Å². The van der Waals surface area contributed by atoms with Crippen molar-refractivity contribution in [3.8, 4) is 10.4 Å². The Labute approximate surface area is 154 Å². The highest BCUT2D eigenvalue weighted by molar-refractivity contribution is 7.17. The Balaban J connectivity index is 1.95. The predicted molar refractivity (Wildman–Crippen MR) is 96.9 cm³/mol. The SMILES string of the molecule is CCOC(=O)c1nc(C)c(-c2cnc(NC3(C)CCC3)cc2C(F)F)s1. The summed E-state index contributed by atoms with van der Waals surface area (Å²) in [5, 5.41) is 3.41. The average molecular weight is 381 g/mol. The van der Waals surface area contributed by atoms with Crippen LogP contribution in [-0.4, -0.2) is 28.1 Å². The van der Waals surface area contributed by atoms with Crippen molar-refractivity contribution < 1.29 is 18.3 Å². The number of aryl methyl sites for hydroxylation is 1. The zero-order chi connectivity index (χ0) is 18.9. The lowest BCUT2D eigenvalue weighted by Gasteiger charge is -2.39. The molecule has 0 amide bonds. The molecule has 0 spiro atoms. The molecule has 0 radical (unpaired) electrons. The molecule has 1 fully saturated rings. The second-order valence-electron chi connectivity index (χ2n) is 6.65. The molecule has 1 N–H and O–H groups in total. The fourth-order valence-corrected chi connectivity index (χ4v) is 3.97. The van der Waals surface area contributed by atoms with Crippen LogP contribution in [0.1, 0.15) is 60.6 Å². The van der Waals surface area contributed by atoms with Gasteiger partial charge in [-0.3, -0.25) is 0 Å². The maximum absolute atomic E-state index is 13.7. The van der Waals surface area contributed by atoms with E-state index in [0.29, 0.717) is 22.0 Å². The Kier molecular flexibility index (Phi) is 5.22. The molecule has 0 bridgehead atoms. The van der Waals surface area contributed by atoms with Crippen LogP contribution in [-0.2, 0) is 4.74 Å². The molecule has 0 unspecified atom stereocenters. The van der Waals surface area contributed by atoms with Crippen molar-refractivity contribution in [1.29, 1.82) is 0 Å². The minimum atomic E-state index is -2.66. The molecule has 1 aliphatic rings. The molecule has 0 atom stereocenters. The van der Waals surface area contributed by atoms with Gasteiger partial charge >= 0.3 is 5.97 Å². The second kappa shape index (κ2) is 7.26. The Morgan fingerprint density at radius 2 is 2.19 bits per heavy atom. The van der Waals surface area contributed by atoms with E-state index in [1.165, 1.54) is 12.3 Å². The number of halogens is 2. The third kappa shape index (κ3) is 3.70. The number of carbonyl (C=O) groups excluding carboxylic acids is 1. The first-order chi connectivity index (χ1) is 12.3. The summed E-state index contributed by atoms with van der Waals surface area (Å²) in [5.74, 6) is -0.103. The van der Waals surface area contributed by atoms with E-state index in [1.807, 2.05) is 0 Å². The Hall–Kier alpha value is -2.09. The van der Waals surface area contributed by atoms with Crippen LogP contribution in [0.2, 0.25) is 0 Å². The van der Waals surface area contributed by atoms with Crippen molar-refractivity contribution >= 4 is 23.1 Å². The summed E-state index contributed by atoms with van der Waals surface area (Å²) in [6.07, 6.45) is 1.89. The maximum Gasteiger partial charge on any atom is 0.367 e. The molecule has 0 saturated heterocycles. The molecule has 8 heteroatoms. The number of alkyl halides is 2. The first-order valence-corrected chi connectivity index (χ1v) is 9.36. The number of pyridine rings is 1. The van der Waals surface area contributed by atoms with Gasteiger partial charge in [0, 0.05) is 22.9 Å². The van der Waals surface area contributed by atoms with Gasteiger partial charge in [0.2, 0.25) is 5.01 Å². The highest BCUT2D eigenvalue weighted by Gasteiger charge is 2.32. The highest BCUT2D eigenvalue weighted by atomic mass is 32.1. The zero-order valence-corrected chi connectivity index (χ0v) is 15.8. The fourth-order valence-electron chi connectivity index (χ4n) is 2.98. The maximum atomic E-state index is 13.7. The van der Waals surface area contributed by atoms with Gasteiger partial charge in [-0.1, -0.05) is 0 Å². The van der Waals surface area contributed by atoms with E-state index in [2.05, 4.69) is 22.2 Å².